The van der Waals surface area contributed by atoms with Crippen LogP contribution in [0.5, 0.6) is 0 Å². The minimum Gasteiger partial charge on any atom is -0.435 e. The average Bonchev–Trinajstić information content (AvgIpc) is 3.87. The van der Waals surface area contributed by atoms with Crippen molar-refractivity contribution < 1.29 is 4.42 Å². The summed E-state index contributed by atoms with van der Waals surface area (Å²) < 4.78 is 8.98. The van der Waals surface area contributed by atoms with Crippen molar-refractivity contribution in [1.82, 2.24) is 4.98 Å². The maximum atomic E-state index is 6.39. The Labute approximate surface area is 322 Å². The van der Waals surface area contributed by atoms with Crippen LogP contribution < -0.4 is 4.90 Å². The van der Waals surface area contributed by atoms with Gasteiger partial charge < -0.3 is 9.32 Å². The quantitative estimate of drug-likeness (QED) is 0.160. The molecule has 258 valence electrons. The standard InChI is InChI=1S/C51H32N2OS/c1-3-9-33(10-4-1)34-17-22-39(23-18-34)53(41-26-28-44-43-13-7-8-14-48(43)55-49(44)32-41)40-24-19-35(20-25-40)38-16-15-36-21-27-45-42(46(36)31-38)29-30-47-50(45)54-51(52-47)37-11-5-2-6-12-37/h1-32H. The highest BCUT2D eigenvalue weighted by molar-refractivity contribution is 7.25. The number of aromatic nitrogens is 1. The minimum atomic E-state index is 0.641. The lowest BCUT2D eigenvalue weighted by Gasteiger charge is -2.26. The zero-order valence-corrected chi connectivity index (χ0v) is 30.5. The summed E-state index contributed by atoms with van der Waals surface area (Å²) in [5.74, 6) is 0.641. The number of oxazole rings is 1. The van der Waals surface area contributed by atoms with Crippen molar-refractivity contribution in [3.8, 4) is 33.7 Å². The van der Waals surface area contributed by atoms with Gasteiger partial charge in [0.25, 0.3) is 0 Å². The van der Waals surface area contributed by atoms with Crippen LogP contribution in [-0.2, 0) is 0 Å². The topological polar surface area (TPSA) is 29.3 Å². The molecule has 11 aromatic rings. The molecule has 0 aliphatic rings. The molecule has 0 bridgehead atoms. The van der Waals surface area contributed by atoms with E-state index in [1.807, 2.05) is 41.7 Å². The fourth-order valence-corrected chi connectivity index (χ4v) is 9.08. The summed E-state index contributed by atoms with van der Waals surface area (Å²) in [5.41, 5.74) is 10.7. The van der Waals surface area contributed by atoms with E-state index in [0.29, 0.717) is 5.89 Å². The lowest BCUT2D eigenvalue weighted by atomic mass is 9.96. The van der Waals surface area contributed by atoms with E-state index in [1.54, 1.807) is 0 Å². The maximum absolute atomic E-state index is 6.39. The van der Waals surface area contributed by atoms with Crippen LogP contribution >= 0.6 is 11.3 Å². The van der Waals surface area contributed by atoms with Crippen LogP contribution in [0.4, 0.5) is 17.1 Å². The molecular formula is C51H32N2OS. The summed E-state index contributed by atoms with van der Waals surface area (Å²) in [5, 5.41) is 7.20. The van der Waals surface area contributed by atoms with Gasteiger partial charge in [-0.25, -0.2) is 4.98 Å². The number of fused-ring (bicyclic) bond motifs is 8. The number of thiophene rings is 1. The van der Waals surface area contributed by atoms with Crippen molar-refractivity contribution in [2.45, 2.75) is 0 Å². The lowest BCUT2D eigenvalue weighted by molar-refractivity contribution is 0.623. The Morgan fingerprint density at radius 1 is 0.382 bits per heavy atom. The third-order valence-corrected chi connectivity index (χ3v) is 11.8. The van der Waals surface area contributed by atoms with Gasteiger partial charge in [-0.15, -0.1) is 11.3 Å². The van der Waals surface area contributed by atoms with Gasteiger partial charge in [0.1, 0.15) is 5.52 Å². The van der Waals surface area contributed by atoms with E-state index in [4.69, 9.17) is 9.40 Å². The van der Waals surface area contributed by atoms with Crippen molar-refractivity contribution in [2.75, 3.05) is 4.90 Å². The molecule has 2 heterocycles. The molecule has 0 radical (unpaired) electrons. The molecule has 0 spiro atoms. The highest BCUT2D eigenvalue weighted by Crippen LogP contribution is 2.42. The summed E-state index contributed by atoms with van der Waals surface area (Å²) in [6, 6.07) is 69.4. The summed E-state index contributed by atoms with van der Waals surface area (Å²) in [6.45, 7) is 0. The van der Waals surface area contributed by atoms with Gasteiger partial charge in [-0.1, -0.05) is 121 Å². The van der Waals surface area contributed by atoms with Crippen molar-refractivity contribution in [3.63, 3.8) is 0 Å². The fourth-order valence-electron chi connectivity index (χ4n) is 7.94. The predicted octanol–water partition coefficient (Wildman–Crippen LogP) is 15.0. The van der Waals surface area contributed by atoms with Gasteiger partial charge >= 0.3 is 0 Å². The average molecular weight is 721 g/mol. The maximum Gasteiger partial charge on any atom is 0.227 e. The van der Waals surface area contributed by atoms with E-state index in [0.717, 1.165) is 50.1 Å². The first kappa shape index (κ1) is 31.5. The Morgan fingerprint density at radius 3 is 1.71 bits per heavy atom. The SMILES string of the molecule is c1ccc(-c2ccc(N(c3ccc(-c4ccc5ccc6c(ccc7nc(-c8ccccc8)oc76)c5c4)cc3)c3ccc4c(c3)sc3ccccc34)cc2)cc1. The van der Waals surface area contributed by atoms with E-state index >= 15 is 0 Å². The van der Waals surface area contributed by atoms with E-state index in [-0.39, 0.29) is 0 Å². The number of rotatable bonds is 6. The molecule has 0 aliphatic heterocycles. The first-order chi connectivity index (χ1) is 27.2. The van der Waals surface area contributed by atoms with Crippen LogP contribution in [0.3, 0.4) is 0 Å². The molecule has 0 atom stereocenters. The first-order valence-corrected chi connectivity index (χ1v) is 19.3. The van der Waals surface area contributed by atoms with Gasteiger partial charge in [0.2, 0.25) is 5.89 Å². The third kappa shape index (κ3) is 5.46. The van der Waals surface area contributed by atoms with Crippen molar-refractivity contribution in [1.29, 1.82) is 0 Å². The molecule has 0 fully saturated rings. The normalized spacial score (nSPS) is 11.6. The Morgan fingerprint density at radius 2 is 0.945 bits per heavy atom. The largest absolute Gasteiger partial charge is 0.435 e. The van der Waals surface area contributed by atoms with Crippen LogP contribution in [0.2, 0.25) is 0 Å². The van der Waals surface area contributed by atoms with Crippen LogP contribution in [0.25, 0.3) is 86.5 Å². The molecule has 3 nitrogen and oxygen atoms in total. The lowest BCUT2D eigenvalue weighted by Crippen LogP contribution is -2.09. The van der Waals surface area contributed by atoms with Crippen molar-refractivity contribution in [2.24, 2.45) is 0 Å². The number of benzene rings is 9. The molecule has 4 heteroatoms. The van der Waals surface area contributed by atoms with Gasteiger partial charge in [0, 0.05) is 48.2 Å². The Hall–Kier alpha value is -7.01. The fraction of sp³-hybridized carbons (Fsp3) is 0. The molecule has 0 saturated heterocycles. The second-order valence-electron chi connectivity index (χ2n) is 14.0. The van der Waals surface area contributed by atoms with E-state index < -0.39 is 0 Å². The Balaban J connectivity index is 0.990. The molecule has 0 aliphatic carbocycles. The van der Waals surface area contributed by atoms with E-state index in [9.17, 15) is 0 Å². The molecular weight excluding hydrogens is 689 g/mol. The monoisotopic (exact) mass is 720 g/mol. The molecule has 0 amide bonds. The number of nitrogens with zero attached hydrogens (tertiary/aromatic N) is 2. The summed E-state index contributed by atoms with van der Waals surface area (Å²) in [4.78, 5) is 7.18. The molecule has 55 heavy (non-hydrogen) atoms. The van der Waals surface area contributed by atoms with Gasteiger partial charge in [-0.05, 0) is 111 Å². The minimum absolute atomic E-state index is 0.641. The molecule has 11 rings (SSSR count). The van der Waals surface area contributed by atoms with Crippen LogP contribution in [0.1, 0.15) is 0 Å². The number of hydrogen-bond donors (Lipinski definition) is 0. The van der Waals surface area contributed by atoms with E-state index in [2.05, 4.69) is 169 Å². The van der Waals surface area contributed by atoms with Crippen LogP contribution in [-0.4, -0.2) is 4.98 Å². The smallest absolute Gasteiger partial charge is 0.227 e. The van der Waals surface area contributed by atoms with Gasteiger partial charge in [0.05, 0.1) is 0 Å². The zero-order chi connectivity index (χ0) is 36.3. The molecule has 0 unspecified atom stereocenters. The summed E-state index contributed by atoms with van der Waals surface area (Å²) in [6.07, 6.45) is 0. The second-order valence-corrected chi connectivity index (χ2v) is 15.1. The Kier molecular flexibility index (Phi) is 7.35. The highest BCUT2D eigenvalue weighted by Gasteiger charge is 2.17. The van der Waals surface area contributed by atoms with Crippen molar-refractivity contribution >= 4 is 81.2 Å². The van der Waals surface area contributed by atoms with Crippen LogP contribution in [0, 0.1) is 0 Å². The predicted molar refractivity (Wildman–Crippen MR) is 233 cm³/mol. The summed E-state index contributed by atoms with van der Waals surface area (Å²) >= 11 is 1.85. The highest BCUT2D eigenvalue weighted by atomic mass is 32.1. The molecule has 9 aromatic carbocycles. The number of anilines is 3. The van der Waals surface area contributed by atoms with Crippen molar-refractivity contribution in [3.05, 3.63) is 194 Å². The zero-order valence-electron chi connectivity index (χ0n) is 29.7. The third-order valence-electron chi connectivity index (χ3n) is 10.7. The summed E-state index contributed by atoms with van der Waals surface area (Å²) in [7, 11) is 0. The van der Waals surface area contributed by atoms with E-state index in [1.165, 1.54) is 47.6 Å². The molecule has 2 aromatic heterocycles. The molecule has 0 N–H and O–H groups in total. The Bertz CT molecular complexity index is 3180. The number of hydrogen-bond acceptors (Lipinski definition) is 4. The van der Waals surface area contributed by atoms with Crippen LogP contribution in [0.15, 0.2) is 199 Å². The first-order valence-electron chi connectivity index (χ1n) is 18.5. The van der Waals surface area contributed by atoms with Gasteiger partial charge in [-0.3, -0.25) is 0 Å². The second kappa shape index (κ2) is 12.8. The van der Waals surface area contributed by atoms with Gasteiger partial charge in [-0.2, -0.15) is 0 Å². The van der Waals surface area contributed by atoms with Gasteiger partial charge in [0.15, 0.2) is 5.58 Å². The molecule has 0 saturated carbocycles.